The molecule has 1 aliphatic heterocycles. The van der Waals surface area contributed by atoms with E-state index < -0.39 is 17.6 Å². The lowest BCUT2D eigenvalue weighted by atomic mass is 10.1. The molecular formula is C27H19ClFN3O2S. The van der Waals surface area contributed by atoms with Gasteiger partial charge in [0.25, 0.3) is 11.8 Å². The second-order valence-electron chi connectivity index (χ2n) is 8.22. The Morgan fingerprint density at radius 1 is 1.00 bits per heavy atom. The average Bonchev–Trinajstić information content (AvgIpc) is 3.11. The quantitative estimate of drug-likeness (QED) is 0.216. The van der Waals surface area contributed by atoms with E-state index in [1.54, 1.807) is 6.08 Å². The summed E-state index contributed by atoms with van der Waals surface area (Å²) in [6, 6.07) is 19.9. The lowest BCUT2D eigenvalue weighted by molar-refractivity contribution is -0.122. The standard InChI is InChI=1S/C27H19ClFN3O2S/c1-15-12-18(16(2)31(15)24-9-5-7-17-6-3-4-8-20(17)24)13-21-25(33)30-27(35)32(26(21)34)19-10-11-23(29)22(28)14-19/h3-14H,1-2H3,(H,30,33,35)/b21-13+. The van der Waals surface area contributed by atoms with E-state index in [-0.39, 0.29) is 21.4 Å². The molecule has 0 aliphatic carbocycles. The van der Waals surface area contributed by atoms with Gasteiger partial charge in [-0.15, -0.1) is 0 Å². The van der Waals surface area contributed by atoms with Crippen molar-refractivity contribution >= 4 is 63.3 Å². The Balaban J connectivity index is 1.60. The van der Waals surface area contributed by atoms with Crippen molar-refractivity contribution < 1.29 is 14.0 Å². The maximum Gasteiger partial charge on any atom is 0.270 e. The normalized spacial score (nSPS) is 15.3. The van der Waals surface area contributed by atoms with Crippen molar-refractivity contribution in [3.8, 4) is 5.69 Å². The molecule has 5 rings (SSSR count). The van der Waals surface area contributed by atoms with Crippen LogP contribution < -0.4 is 10.2 Å². The molecule has 8 heteroatoms. The van der Waals surface area contributed by atoms with E-state index in [0.29, 0.717) is 0 Å². The third-order valence-electron chi connectivity index (χ3n) is 6.04. The Kier molecular flexibility index (Phi) is 5.75. The summed E-state index contributed by atoms with van der Waals surface area (Å²) in [5.74, 6) is -1.83. The fourth-order valence-corrected chi connectivity index (χ4v) is 4.84. The van der Waals surface area contributed by atoms with Gasteiger partial charge in [0.05, 0.1) is 16.4 Å². The predicted octanol–water partition coefficient (Wildman–Crippen LogP) is 5.87. The third kappa shape index (κ3) is 3.92. The van der Waals surface area contributed by atoms with Gasteiger partial charge in [0, 0.05) is 16.8 Å². The summed E-state index contributed by atoms with van der Waals surface area (Å²) in [4.78, 5) is 27.3. The lowest BCUT2D eigenvalue weighted by Crippen LogP contribution is -2.54. The molecule has 35 heavy (non-hydrogen) atoms. The summed E-state index contributed by atoms with van der Waals surface area (Å²) in [5.41, 5.74) is 3.73. The minimum atomic E-state index is -0.619. The molecule has 3 aromatic carbocycles. The van der Waals surface area contributed by atoms with Gasteiger partial charge < -0.3 is 4.57 Å². The van der Waals surface area contributed by atoms with Gasteiger partial charge in [0.1, 0.15) is 11.4 Å². The van der Waals surface area contributed by atoms with E-state index in [9.17, 15) is 14.0 Å². The molecule has 1 aromatic heterocycles. The minimum Gasteiger partial charge on any atom is -0.317 e. The Hall–Kier alpha value is -3.81. The molecule has 5 nitrogen and oxygen atoms in total. The first-order valence-electron chi connectivity index (χ1n) is 10.8. The molecule has 0 unspecified atom stereocenters. The number of halogens is 2. The zero-order chi connectivity index (χ0) is 24.9. The summed E-state index contributed by atoms with van der Waals surface area (Å²) < 4.78 is 15.8. The van der Waals surface area contributed by atoms with Crippen molar-refractivity contribution in [2.45, 2.75) is 13.8 Å². The Morgan fingerprint density at radius 3 is 2.51 bits per heavy atom. The van der Waals surface area contributed by atoms with Crippen LogP contribution in [0, 0.1) is 19.7 Å². The zero-order valence-corrected chi connectivity index (χ0v) is 20.4. The van der Waals surface area contributed by atoms with Crippen LogP contribution in [-0.2, 0) is 9.59 Å². The van der Waals surface area contributed by atoms with Crippen molar-refractivity contribution in [3.05, 3.63) is 100 Å². The number of amides is 2. The van der Waals surface area contributed by atoms with Gasteiger partial charge in [0.15, 0.2) is 5.11 Å². The smallest absolute Gasteiger partial charge is 0.270 e. The highest BCUT2D eigenvalue weighted by molar-refractivity contribution is 7.80. The van der Waals surface area contributed by atoms with E-state index in [1.165, 1.54) is 12.1 Å². The lowest BCUT2D eigenvalue weighted by Gasteiger charge is -2.29. The van der Waals surface area contributed by atoms with Crippen LogP contribution in [-0.4, -0.2) is 21.5 Å². The number of carbonyl (C=O) groups excluding carboxylic acids is 2. The summed E-state index contributed by atoms with van der Waals surface area (Å²) >= 11 is 11.1. The monoisotopic (exact) mass is 503 g/mol. The molecule has 0 atom stereocenters. The van der Waals surface area contributed by atoms with Gasteiger partial charge in [-0.2, -0.15) is 0 Å². The number of carbonyl (C=O) groups is 2. The first-order valence-corrected chi connectivity index (χ1v) is 11.6. The zero-order valence-electron chi connectivity index (χ0n) is 18.8. The van der Waals surface area contributed by atoms with Gasteiger partial charge in [-0.1, -0.05) is 48.0 Å². The molecule has 1 aliphatic rings. The van der Waals surface area contributed by atoms with Crippen LogP contribution in [0.5, 0.6) is 0 Å². The van der Waals surface area contributed by atoms with Crippen molar-refractivity contribution in [2.75, 3.05) is 4.90 Å². The first-order chi connectivity index (χ1) is 16.8. The highest BCUT2D eigenvalue weighted by Gasteiger charge is 2.35. The highest BCUT2D eigenvalue weighted by atomic mass is 35.5. The number of nitrogens with zero attached hydrogens (tertiary/aromatic N) is 2. The van der Waals surface area contributed by atoms with Crippen LogP contribution in [0.4, 0.5) is 10.1 Å². The van der Waals surface area contributed by atoms with Gasteiger partial charge in [-0.05, 0) is 73.4 Å². The summed E-state index contributed by atoms with van der Waals surface area (Å²) in [7, 11) is 0. The number of hydrogen-bond donors (Lipinski definition) is 1. The molecule has 0 saturated carbocycles. The van der Waals surface area contributed by atoms with Gasteiger partial charge in [0.2, 0.25) is 0 Å². The van der Waals surface area contributed by atoms with Crippen LogP contribution >= 0.6 is 23.8 Å². The Morgan fingerprint density at radius 2 is 1.74 bits per heavy atom. The number of aromatic nitrogens is 1. The molecular weight excluding hydrogens is 485 g/mol. The highest BCUT2D eigenvalue weighted by Crippen LogP contribution is 2.30. The average molecular weight is 504 g/mol. The number of benzene rings is 3. The van der Waals surface area contributed by atoms with Crippen molar-refractivity contribution in [2.24, 2.45) is 0 Å². The van der Waals surface area contributed by atoms with Gasteiger partial charge in [-0.3, -0.25) is 19.8 Å². The first kappa shape index (κ1) is 23.0. The molecule has 2 heterocycles. The van der Waals surface area contributed by atoms with Crippen LogP contribution in [0.1, 0.15) is 17.0 Å². The van der Waals surface area contributed by atoms with Gasteiger partial charge in [-0.25, -0.2) is 4.39 Å². The van der Waals surface area contributed by atoms with Gasteiger partial charge >= 0.3 is 0 Å². The minimum absolute atomic E-state index is 0.0859. The van der Waals surface area contributed by atoms with Crippen LogP contribution in [0.15, 0.2) is 72.3 Å². The van der Waals surface area contributed by atoms with Crippen molar-refractivity contribution in [1.29, 1.82) is 0 Å². The fraction of sp³-hybridized carbons (Fsp3) is 0.0741. The van der Waals surface area contributed by atoms with Crippen LogP contribution in [0.2, 0.25) is 5.02 Å². The second kappa shape index (κ2) is 8.76. The van der Waals surface area contributed by atoms with E-state index in [4.69, 9.17) is 23.8 Å². The summed E-state index contributed by atoms with van der Waals surface area (Å²) in [6.07, 6.45) is 1.56. The Bertz CT molecular complexity index is 1590. The maximum absolute atomic E-state index is 13.7. The molecule has 0 radical (unpaired) electrons. The molecule has 0 spiro atoms. The molecule has 1 saturated heterocycles. The molecule has 0 bridgehead atoms. The number of hydrogen-bond acceptors (Lipinski definition) is 3. The van der Waals surface area contributed by atoms with E-state index >= 15 is 0 Å². The summed E-state index contributed by atoms with van der Waals surface area (Å²) in [5, 5.41) is 4.50. The number of anilines is 1. The maximum atomic E-state index is 13.7. The molecule has 1 N–H and O–H groups in total. The molecule has 4 aromatic rings. The number of rotatable bonds is 3. The fourth-order valence-electron chi connectivity index (χ4n) is 4.38. The molecule has 2 amide bonds. The Labute approximate surface area is 211 Å². The van der Waals surface area contributed by atoms with Crippen molar-refractivity contribution in [3.63, 3.8) is 0 Å². The molecule has 174 valence electrons. The van der Waals surface area contributed by atoms with E-state index in [1.807, 2.05) is 44.2 Å². The third-order valence-corrected chi connectivity index (χ3v) is 6.61. The second-order valence-corrected chi connectivity index (χ2v) is 9.01. The predicted molar refractivity (Wildman–Crippen MR) is 140 cm³/mol. The number of fused-ring (bicyclic) bond motifs is 1. The SMILES string of the molecule is Cc1cc(/C=C2\C(=O)NC(=S)N(c3ccc(F)c(Cl)c3)C2=O)c(C)n1-c1cccc2ccccc12. The van der Waals surface area contributed by atoms with Crippen LogP contribution in [0.25, 0.3) is 22.5 Å². The number of aryl methyl sites for hydroxylation is 1. The largest absolute Gasteiger partial charge is 0.317 e. The van der Waals surface area contributed by atoms with Crippen LogP contribution in [0.3, 0.4) is 0 Å². The topological polar surface area (TPSA) is 54.3 Å². The number of nitrogens with one attached hydrogen (secondary N) is 1. The van der Waals surface area contributed by atoms with E-state index in [2.05, 4.69) is 28.1 Å². The summed E-state index contributed by atoms with van der Waals surface area (Å²) in [6.45, 7) is 3.91. The molecule has 1 fully saturated rings. The van der Waals surface area contributed by atoms with Crippen molar-refractivity contribution in [1.82, 2.24) is 9.88 Å². The van der Waals surface area contributed by atoms with E-state index in [0.717, 1.165) is 44.4 Å². The number of thiocarbonyl (C=S) groups is 1.